The number of ether oxygens (including phenoxy) is 1. The quantitative estimate of drug-likeness (QED) is 0.453. The van der Waals surface area contributed by atoms with Gasteiger partial charge in [0.2, 0.25) is 5.91 Å². The molecule has 2 atom stereocenters. The summed E-state index contributed by atoms with van der Waals surface area (Å²) < 4.78 is 5.12. The first kappa shape index (κ1) is 20.4. The van der Waals surface area contributed by atoms with E-state index < -0.39 is 0 Å². The summed E-state index contributed by atoms with van der Waals surface area (Å²) in [5, 5.41) is 0. The fraction of sp³-hybridized carbons (Fsp3) is 0.409. The predicted octanol–water partition coefficient (Wildman–Crippen LogP) is 3.44. The first-order valence-corrected chi connectivity index (χ1v) is 10.7. The van der Waals surface area contributed by atoms with Gasteiger partial charge in [-0.2, -0.15) is 0 Å². The second kappa shape index (κ2) is 10.3. The molecule has 0 saturated heterocycles. The Hall–Kier alpha value is -2.34. The van der Waals surface area contributed by atoms with Gasteiger partial charge in [0.25, 0.3) is 0 Å². The highest BCUT2D eigenvalue weighted by Crippen LogP contribution is 2.40. The molecule has 1 fully saturated rings. The summed E-state index contributed by atoms with van der Waals surface area (Å²) >= 11 is 1.52. The molecule has 1 aliphatic rings. The molecule has 1 heterocycles. The number of pyridine rings is 1. The van der Waals surface area contributed by atoms with Crippen LogP contribution in [0, 0.1) is 11.8 Å². The molecule has 1 aliphatic carbocycles. The molecular formula is C22H26N2O3S. The first-order chi connectivity index (χ1) is 13.7. The van der Waals surface area contributed by atoms with Crippen molar-refractivity contribution in [2.45, 2.75) is 24.7 Å². The number of benzene rings is 1. The van der Waals surface area contributed by atoms with Crippen molar-refractivity contribution < 1.29 is 14.3 Å². The zero-order valence-corrected chi connectivity index (χ0v) is 16.9. The van der Waals surface area contributed by atoms with Crippen LogP contribution in [0.3, 0.4) is 0 Å². The topological polar surface area (TPSA) is 59.5 Å². The van der Waals surface area contributed by atoms with E-state index in [1.165, 1.54) is 17.3 Å². The summed E-state index contributed by atoms with van der Waals surface area (Å²) in [6.45, 7) is 3.50. The normalized spacial score (nSPS) is 17.8. The molecule has 6 heteroatoms. The smallest absolute Gasteiger partial charge is 0.309 e. The van der Waals surface area contributed by atoms with Crippen LogP contribution in [0.4, 0.5) is 0 Å². The van der Waals surface area contributed by atoms with Crippen molar-refractivity contribution in [2.24, 2.45) is 11.8 Å². The average molecular weight is 399 g/mol. The zero-order chi connectivity index (χ0) is 19.8. The SMILES string of the molecule is CCOC(=O)C1CC1CN(CCc1ccccc1)C(=O)CSc1ccncc1. The van der Waals surface area contributed by atoms with Crippen molar-refractivity contribution >= 4 is 23.6 Å². The maximum absolute atomic E-state index is 12.9. The lowest BCUT2D eigenvalue weighted by Gasteiger charge is -2.23. The number of nitrogens with zero attached hydrogens (tertiary/aromatic N) is 2. The number of hydrogen-bond acceptors (Lipinski definition) is 5. The van der Waals surface area contributed by atoms with Crippen LogP contribution in [0.5, 0.6) is 0 Å². The van der Waals surface area contributed by atoms with Gasteiger partial charge in [0.15, 0.2) is 0 Å². The van der Waals surface area contributed by atoms with Gasteiger partial charge in [-0.25, -0.2) is 0 Å². The molecule has 3 rings (SSSR count). The molecule has 5 nitrogen and oxygen atoms in total. The molecule has 0 radical (unpaired) electrons. The molecule has 2 unspecified atom stereocenters. The summed E-state index contributed by atoms with van der Waals surface area (Å²) in [4.78, 5) is 31.7. The Labute approximate surface area is 170 Å². The monoisotopic (exact) mass is 398 g/mol. The van der Waals surface area contributed by atoms with E-state index in [4.69, 9.17) is 4.74 Å². The Morgan fingerprint density at radius 3 is 2.64 bits per heavy atom. The summed E-state index contributed by atoms with van der Waals surface area (Å²) in [7, 11) is 0. The Kier molecular flexibility index (Phi) is 7.48. The van der Waals surface area contributed by atoms with Gasteiger partial charge < -0.3 is 9.64 Å². The molecule has 0 spiro atoms. The van der Waals surface area contributed by atoms with Crippen LogP contribution >= 0.6 is 11.8 Å². The van der Waals surface area contributed by atoms with Gasteiger partial charge in [-0.3, -0.25) is 14.6 Å². The summed E-state index contributed by atoms with van der Waals surface area (Å²) in [5.41, 5.74) is 1.21. The van der Waals surface area contributed by atoms with Gasteiger partial charge in [0.1, 0.15) is 0 Å². The van der Waals surface area contributed by atoms with E-state index in [1.807, 2.05) is 42.2 Å². The molecule has 0 N–H and O–H groups in total. The highest BCUT2D eigenvalue weighted by molar-refractivity contribution is 8.00. The van der Waals surface area contributed by atoms with Crippen LogP contribution in [-0.2, 0) is 20.7 Å². The highest BCUT2D eigenvalue weighted by atomic mass is 32.2. The highest BCUT2D eigenvalue weighted by Gasteiger charge is 2.45. The number of carbonyl (C=O) groups is 2. The Balaban J connectivity index is 1.57. The molecular weight excluding hydrogens is 372 g/mol. The van der Waals surface area contributed by atoms with E-state index in [0.717, 1.165) is 17.7 Å². The number of aromatic nitrogens is 1. The third-order valence-electron chi connectivity index (χ3n) is 4.84. The van der Waals surface area contributed by atoms with Crippen molar-refractivity contribution in [3.63, 3.8) is 0 Å². The number of hydrogen-bond donors (Lipinski definition) is 0. The Bertz CT molecular complexity index is 770. The number of carbonyl (C=O) groups excluding carboxylic acids is 2. The van der Waals surface area contributed by atoms with Crippen molar-refractivity contribution in [3.05, 3.63) is 60.4 Å². The second-order valence-electron chi connectivity index (χ2n) is 6.90. The Morgan fingerprint density at radius 1 is 1.18 bits per heavy atom. The van der Waals surface area contributed by atoms with Gasteiger partial charge in [-0.1, -0.05) is 30.3 Å². The first-order valence-electron chi connectivity index (χ1n) is 9.68. The fourth-order valence-electron chi connectivity index (χ4n) is 3.17. The van der Waals surface area contributed by atoms with Gasteiger partial charge in [-0.15, -0.1) is 11.8 Å². The lowest BCUT2D eigenvalue weighted by molar-refractivity contribution is -0.145. The molecule has 148 valence electrons. The number of esters is 1. The predicted molar refractivity (Wildman–Crippen MR) is 110 cm³/mol. The molecule has 1 aromatic carbocycles. The molecule has 1 amide bonds. The largest absolute Gasteiger partial charge is 0.466 e. The average Bonchev–Trinajstić information content (AvgIpc) is 3.50. The van der Waals surface area contributed by atoms with Crippen LogP contribution in [0.25, 0.3) is 0 Å². The van der Waals surface area contributed by atoms with Crippen molar-refractivity contribution in [1.29, 1.82) is 0 Å². The van der Waals surface area contributed by atoms with Crippen molar-refractivity contribution in [1.82, 2.24) is 9.88 Å². The maximum atomic E-state index is 12.9. The van der Waals surface area contributed by atoms with Crippen LogP contribution in [0.1, 0.15) is 18.9 Å². The lowest BCUT2D eigenvalue weighted by atomic mass is 10.1. The summed E-state index contributed by atoms with van der Waals surface area (Å²) in [6, 6.07) is 14.0. The zero-order valence-electron chi connectivity index (χ0n) is 16.1. The summed E-state index contributed by atoms with van der Waals surface area (Å²) in [5.74, 6) is 0.515. The lowest BCUT2D eigenvalue weighted by Crippen LogP contribution is -2.36. The maximum Gasteiger partial charge on any atom is 0.309 e. The van der Waals surface area contributed by atoms with E-state index in [0.29, 0.717) is 25.4 Å². The van der Waals surface area contributed by atoms with Gasteiger partial charge in [0, 0.05) is 30.4 Å². The standard InChI is InChI=1S/C22H26N2O3S/c1-2-27-22(26)20-14-18(20)15-24(13-10-17-6-4-3-5-7-17)21(25)16-28-19-8-11-23-12-9-19/h3-9,11-12,18,20H,2,10,13-16H2,1H3. The number of thioether (sulfide) groups is 1. The van der Waals surface area contributed by atoms with E-state index in [9.17, 15) is 9.59 Å². The molecule has 0 aliphatic heterocycles. The molecule has 1 aromatic heterocycles. The summed E-state index contributed by atoms with van der Waals surface area (Å²) in [6.07, 6.45) is 5.08. The van der Waals surface area contributed by atoms with Crippen molar-refractivity contribution in [3.8, 4) is 0 Å². The van der Waals surface area contributed by atoms with Crippen LogP contribution < -0.4 is 0 Å². The number of amides is 1. The van der Waals surface area contributed by atoms with Crippen LogP contribution in [-0.4, -0.2) is 47.2 Å². The van der Waals surface area contributed by atoms with Gasteiger partial charge in [0.05, 0.1) is 18.3 Å². The van der Waals surface area contributed by atoms with E-state index >= 15 is 0 Å². The molecule has 2 aromatic rings. The number of rotatable bonds is 10. The molecule has 28 heavy (non-hydrogen) atoms. The van der Waals surface area contributed by atoms with Crippen molar-refractivity contribution in [2.75, 3.05) is 25.4 Å². The minimum absolute atomic E-state index is 0.0557. The van der Waals surface area contributed by atoms with E-state index in [2.05, 4.69) is 17.1 Å². The third-order valence-corrected chi connectivity index (χ3v) is 5.84. The minimum Gasteiger partial charge on any atom is -0.466 e. The second-order valence-corrected chi connectivity index (χ2v) is 7.95. The van der Waals surface area contributed by atoms with Crippen LogP contribution in [0.15, 0.2) is 59.8 Å². The van der Waals surface area contributed by atoms with E-state index in [-0.39, 0.29) is 23.7 Å². The molecule has 0 bridgehead atoms. The van der Waals surface area contributed by atoms with Gasteiger partial charge >= 0.3 is 5.97 Å². The Morgan fingerprint density at radius 2 is 1.93 bits per heavy atom. The fourth-order valence-corrected chi connectivity index (χ4v) is 3.95. The molecule has 1 saturated carbocycles. The van der Waals surface area contributed by atoms with Crippen LogP contribution in [0.2, 0.25) is 0 Å². The minimum atomic E-state index is -0.130. The third kappa shape index (κ3) is 6.09. The van der Waals surface area contributed by atoms with E-state index in [1.54, 1.807) is 12.4 Å². The van der Waals surface area contributed by atoms with Gasteiger partial charge in [-0.05, 0) is 43.4 Å².